The molecule has 162 valence electrons. The number of anilines is 1. The normalized spacial score (nSPS) is 25.1. The Morgan fingerprint density at radius 2 is 1.30 bits per heavy atom. The highest BCUT2D eigenvalue weighted by Crippen LogP contribution is 2.57. The van der Waals surface area contributed by atoms with Crippen molar-refractivity contribution in [3.63, 3.8) is 0 Å². The summed E-state index contributed by atoms with van der Waals surface area (Å²) in [6.07, 6.45) is -0.921. The van der Waals surface area contributed by atoms with Gasteiger partial charge in [-0.25, -0.2) is 4.90 Å². The monoisotopic (exact) mass is 501 g/mol. The molecule has 2 aliphatic heterocycles. The number of benzene rings is 3. The molecule has 7 heteroatoms. The first-order chi connectivity index (χ1) is 15.9. The molecule has 0 bridgehead atoms. The first-order valence-electron chi connectivity index (χ1n) is 10.5. The van der Waals surface area contributed by atoms with Crippen LogP contribution in [0, 0.1) is 11.8 Å². The summed E-state index contributed by atoms with van der Waals surface area (Å²) in [5.41, 5.74) is -0.588. The van der Waals surface area contributed by atoms with E-state index in [2.05, 4.69) is 15.9 Å². The van der Waals surface area contributed by atoms with Crippen LogP contribution in [0.2, 0.25) is 0 Å². The lowest BCUT2D eigenvalue weighted by Crippen LogP contribution is -2.51. The number of rotatable bonds is 2. The molecule has 6 nitrogen and oxygen atoms in total. The summed E-state index contributed by atoms with van der Waals surface area (Å²) >= 11 is 3.39. The van der Waals surface area contributed by atoms with Gasteiger partial charge in [-0.1, -0.05) is 70.5 Å². The maximum Gasteiger partial charge on any atom is 0.241 e. The van der Waals surface area contributed by atoms with E-state index in [0.717, 1.165) is 9.37 Å². The standard InChI is InChI=1S/C26H16BrNO5/c27-15-12-10-14(11-13-15)21-19-20(25(32)28(24(19)31)16-6-2-1-3-7-16)26(33-21)22(29)17-8-4-5-9-18(17)23(26)30/h1-13,19-21H. The molecule has 2 saturated heterocycles. The molecule has 1 spiro atoms. The van der Waals surface area contributed by atoms with Gasteiger partial charge in [0.05, 0.1) is 23.6 Å². The minimum Gasteiger partial charge on any atom is -0.349 e. The number of halogens is 1. The predicted molar refractivity (Wildman–Crippen MR) is 122 cm³/mol. The molecule has 3 aromatic carbocycles. The van der Waals surface area contributed by atoms with E-state index in [-0.39, 0.29) is 11.1 Å². The molecule has 33 heavy (non-hydrogen) atoms. The van der Waals surface area contributed by atoms with Gasteiger partial charge in [0.1, 0.15) is 0 Å². The van der Waals surface area contributed by atoms with Gasteiger partial charge < -0.3 is 4.74 Å². The Bertz CT molecular complexity index is 1320. The summed E-state index contributed by atoms with van der Waals surface area (Å²) in [4.78, 5) is 55.8. The molecule has 3 unspecified atom stereocenters. The Morgan fingerprint density at radius 1 is 0.727 bits per heavy atom. The molecule has 1 aliphatic carbocycles. The number of ketones is 2. The number of carbonyl (C=O) groups excluding carboxylic acids is 4. The van der Waals surface area contributed by atoms with Crippen molar-refractivity contribution in [2.45, 2.75) is 11.7 Å². The molecule has 3 aliphatic rings. The topological polar surface area (TPSA) is 80.8 Å². The van der Waals surface area contributed by atoms with Crippen LogP contribution in [-0.2, 0) is 14.3 Å². The van der Waals surface area contributed by atoms with E-state index in [4.69, 9.17) is 4.74 Å². The molecule has 0 saturated carbocycles. The van der Waals surface area contributed by atoms with Crippen molar-refractivity contribution in [1.82, 2.24) is 0 Å². The third-order valence-electron chi connectivity index (χ3n) is 6.73. The third-order valence-corrected chi connectivity index (χ3v) is 7.26. The Morgan fingerprint density at radius 3 is 1.91 bits per heavy atom. The zero-order chi connectivity index (χ0) is 22.9. The molecule has 3 atom stereocenters. The molecule has 0 aromatic heterocycles. The second-order valence-corrected chi connectivity index (χ2v) is 9.30. The SMILES string of the molecule is O=C1C2C(c3ccc(Br)cc3)OC3(C(=O)c4ccccc4C3=O)C2C(=O)N1c1ccccc1. The number of Topliss-reactive ketones (excluding diaryl/α,β-unsaturated/α-hetero) is 2. The second kappa shape index (κ2) is 7.04. The van der Waals surface area contributed by atoms with E-state index in [9.17, 15) is 19.2 Å². The first kappa shape index (κ1) is 20.2. The predicted octanol–water partition coefficient (Wildman–Crippen LogP) is 4.14. The van der Waals surface area contributed by atoms with Gasteiger partial charge in [0.2, 0.25) is 29.0 Å². The highest BCUT2D eigenvalue weighted by Gasteiger charge is 2.74. The zero-order valence-corrected chi connectivity index (χ0v) is 18.7. The average Bonchev–Trinajstić information content (AvgIpc) is 3.40. The van der Waals surface area contributed by atoms with Gasteiger partial charge in [-0.15, -0.1) is 0 Å². The molecular weight excluding hydrogens is 486 g/mol. The van der Waals surface area contributed by atoms with Crippen molar-refractivity contribution in [2.75, 3.05) is 4.90 Å². The summed E-state index contributed by atoms with van der Waals surface area (Å²) in [5.74, 6) is -4.43. The number of nitrogens with zero attached hydrogens (tertiary/aromatic N) is 1. The molecule has 3 aromatic rings. The molecule has 0 N–H and O–H groups in total. The van der Waals surface area contributed by atoms with Crippen LogP contribution in [0.4, 0.5) is 5.69 Å². The van der Waals surface area contributed by atoms with Crippen molar-refractivity contribution < 1.29 is 23.9 Å². The number of amides is 2. The Hall–Kier alpha value is -3.42. The fourth-order valence-electron chi connectivity index (χ4n) is 5.30. The van der Waals surface area contributed by atoms with E-state index in [1.807, 2.05) is 0 Å². The van der Waals surface area contributed by atoms with E-state index in [0.29, 0.717) is 11.3 Å². The highest BCUT2D eigenvalue weighted by atomic mass is 79.9. The van der Waals surface area contributed by atoms with Crippen LogP contribution in [0.3, 0.4) is 0 Å². The number of carbonyl (C=O) groups is 4. The van der Waals surface area contributed by atoms with E-state index >= 15 is 0 Å². The van der Waals surface area contributed by atoms with E-state index < -0.39 is 46.9 Å². The lowest BCUT2D eigenvalue weighted by atomic mass is 9.77. The van der Waals surface area contributed by atoms with Crippen LogP contribution in [0.25, 0.3) is 0 Å². The van der Waals surface area contributed by atoms with Gasteiger partial charge in [-0.2, -0.15) is 0 Å². The lowest BCUT2D eigenvalue weighted by molar-refractivity contribution is -0.127. The van der Waals surface area contributed by atoms with Crippen molar-refractivity contribution in [3.05, 3.63) is 100 Å². The Balaban J connectivity index is 1.55. The maximum atomic E-state index is 13.7. The van der Waals surface area contributed by atoms with Crippen molar-refractivity contribution in [3.8, 4) is 0 Å². The van der Waals surface area contributed by atoms with Crippen LogP contribution in [0.1, 0.15) is 32.4 Å². The molecule has 6 rings (SSSR count). The quantitative estimate of drug-likeness (QED) is 0.389. The van der Waals surface area contributed by atoms with Crippen LogP contribution < -0.4 is 4.90 Å². The van der Waals surface area contributed by atoms with Gasteiger partial charge in [0, 0.05) is 15.6 Å². The van der Waals surface area contributed by atoms with E-state index in [1.54, 1.807) is 78.9 Å². The third kappa shape index (κ3) is 2.57. The molecule has 2 fully saturated rings. The van der Waals surface area contributed by atoms with Gasteiger partial charge in [-0.05, 0) is 29.8 Å². The van der Waals surface area contributed by atoms with E-state index in [1.165, 1.54) is 0 Å². The van der Waals surface area contributed by atoms with Crippen LogP contribution in [-0.4, -0.2) is 29.0 Å². The largest absolute Gasteiger partial charge is 0.349 e. The van der Waals surface area contributed by atoms with Gasteiger partial charge in [0.25, 0.3) is 0 Å². The Labute approximate surface area is 197 Å². The van der Waals surface area contributed by atoms with Gasteiger partial charge in [0.15, 0.2) is 0 Å². The van der Waals surface area contributed by atoms with Crippen LogP contribution in [0.15, 0.2) is 83.3 Å². The maximum absolute atomic E-state index is 13.7. The minimum atomic E-state index is -2.05. The summed E-state index contributed by atoms with van der Waals surface area (Å²) in [6.45, 7) is 0. The number of hydrogen-bond acceptors (Lipinski definition) is 5. The van der Waals surface area contributed by atoms with Gasteiger partial charge >= 0.3 is 0 Å². The summed E-state index contributed by atoms with van der Waals surface area (Å²) in [7, 11) is 0. The lowest BCUT2D eigenvalue weighted by Gasteiger charge is -2.27. The number of hydrogen-bond donors (Lipinski definition) is 0. The molecular formula is C26H16BrNO5. The molecule has 0 radical (unpaired) electrons. The number of para-hydroxylation sites is 1. The average molecular weight is 502 g/mol. The van der Waals surface area contributed by atoms with Crippen molar-refractivity contribution >= 4 is 45.0 Å². The number of imide groups is 1. The fourth-order valence-corrected chi connectivity index (χ4v) is 5.57. The number of fused-ring (bicyclic) bond motifs is 3. The van der Waals surface area contributed by atoms with Crippen molar-refractivity contribution in [1.29, 1.82) is 0 Å². The highest BCUT2D eigenvalue weighted by molar-refractivity contribution is 9.10. The molecule has 2 amide bonds. The summed E-state index contributed by atoms with van der Waals surface area (Å²) in [5, 5.41) is 0. The van der Waals surface area contributed by atoms with Crippen molar-refractivity contribution in [2.24, 2.45) is 11.8 Å². The smallest absolute Gasteiger partial charge is 0.241 e. The zero-order valence-electron chi connectivity index (χ0n) is 17.1. The van der Waals surface area contributed by atoms with Crippen LogP contribution >= 0.6 is 15.9 Å². The minimum absolute atomic E-state index is 0.219. The summed E-state index contributed by atoms with van der Waals surface area (Å²) < 4.78 is 7.08. The second-order valence-electron chi connectivity index (χ2n) is 8.38. The molecule has 2 heterocycles. The summed E-state index contributed by atoms with van der Waals surface area (Å²) in [6, 6.07) is 22.1. The first-order valence-corrected chi connectivity index (χ1v) is 11.3. The Kier molecular flexibility index (Phi) is 4.31. The number of ether oxygens (including phenoxy) is 1. The fraction of sp³-hybridized carbons (Fsp3) is 0.154. The van der Waals surface area contributed by atoms with Crippen LogP contribution in [0.5, 0.6) is 0 Å². The van der Waals surface area contributed by atoms with Gasteiger partial charge in [-0.3, -0.25) is 19.2 Å².